The zero-order valence-electron chi connectivity index (χ0n) is 11.0. The SMILES string of the molecule is Cc1cccc(C=O)c1C[C@@H]1CC(=O)OC1(C)C. The van der Waals surface area contributed by atoms with Gasteiger partial charge in [-0.2, -0.15) is 0 Å². The highest BCUT2D eigenvalue weighted by Gasteiger charge is 2.41. The zero-order valence-corrected chi connectivity index (χ0v) is 11.0. The number of rotatable bonds is 3. The Bertz CT molecular complexity index is 489. The Morgan fingerprint density at radius 2 is 2.17 bits per heavy atom. The number of hydrogen-bond acceptors (Lipinski definition) is 3. The van der Waals surface area contributed by atoms with Crippen molar-refractivity contribution in [2.75, 3.05) is 0 Å². The van der Waals surface area contributed by atoms with Crippen LogP contribution < -0.4 is 0 Å². The second-order valence-corrected chi connectivity index (χ2v) is 5.44. The predicted octanol–water partition coefficient (Wildman–Crippen LogP) is 2.69. The van der Waals surface area contributed by atoms with Gasteiger partial charge in [-0.15, -0.1) is 0 Å². The molecule has 0 N–H and O–H groups in total. The molecule has 0 unspecified atom stereocenters. The summed E-state index contributed by atoms with van der Waals surface area (Å²) in [6.07, 6.45) is 2.02. The maximum absolute atomic E-state index is 11.4. The van der Waals surface area contributed by atoms with Crippen LogP contribution in [0, 0.1) is 12.8 Å². The smallest absolute Gasteiger partial charge is 0.306 e. The van der Waals surface area contributed by atoms with E-state index in [9.17, 15) is 9.59 Å². The molecule has 0 saturated carbocycles. The van der Waals surface area contributed by atoms with E-state index < -0.39 is 5.60 Å². The number of aldehydes is 1. The maximum Gasteiger partial charge on any atom is 0.306 e. The van der Waals surface area contributed by atoms with Crippen molar-refractivity contribution in [2.45, 2.75) is 39.2 Å². The Morgan fingerprint density at radius 1 is 1.44 bits per heavy atom. The lowest BCUT2D eigenvalue weighted by molar-refractivity contribution is -0.146. The second-order valence-electron chi connectivity index (χ2n) is 5.44. The summed E-state index contributed by atoms with van der Waals surface area (Å²) in [6.45, 7) is 5.86. The molecule has 0 spiro atoms. The normalized spacial score (nSPS) is 21.7. The fourth-order valence-electron chi connectivity index (χ4n) is 2.54. The topological polar surface area (TPSA) is 43.4 Å². The molecule has 0 aliphatic carbocycles. The van der Waals surface area contributed by atoms with Gasteiger partial charge in [-0.1, -0.05) is 18.2 Å². The Kier molecular flexibility index (Phi) is 3.24. The van der Waals surface area contributed by atoms with E-state index in [1.54, 1.807) is 0 Å². The Morgan fingerprint density at radius 3 is 2.72 bits per heavy atom. The summed E-state index contributed by atoms with van der Waals surface area (Å²) in [4.78, 5) is 22.5. The first kappa shape index (κ1) is 12.8. The van der Waals surface area contributed by atoms with Gasteiger partial charge in [0.05, 0.1) is 6.42 Å². The third-order valence-electron chi connectivity index (χ3n) is 3.80. The predicted molar refractivity (Wildman–Crippen MR) is 68.5 cm³/mol. The average Bonchev–Trinajstić information content (AvgIpc) is 2.54. The van der Waals surface area contributed by atoms with E-state index in [4.69, 9.17) is 4.74 Å². The van der Waals surface area contributed by atoms with Crippen molar-refractivity contribution in [2.24, 2.45) is 5.92 Å². The Balaban J connectivity index is 2.30. The first-order chi connectivity index (χ1) is 8.44. The van der Waals surface area contributed by atoms with Crippen LogP contribution in [0.15, 0.2) is 18.2 Å². The minimum atomic E-state index is -0.445. The molecule has 3 heteroatoms. The van der Waals surface area contributed by atoms with Crippen LogP contribution in [0.3, 0.4) is 0 Å². The summed E-state index contributed by atoms with van der Waals surface area (Å²) in [5.74, 6) is -0.0176. The molecule has 2 rings (SSSR count). The van der Waals surface area contributed by atoms with Gasteiger partial charge < -0.3 is 4.74 Å². The van der Waals surface area contributed by atoms with Gasteiger partial charge in [0, 0.05) is 11.5 Å². The molecule has 1 aliphatic heterocycles. The fraction of sp³-hybridized carbons (Fsp3) is 0.467. The van der Waals surface area contributed by atoms with Crippen molar-refractivity contribution in [1.29, 1.82) is 0 Å². The van der Waals surface area contributed by atoms with E-state index in [1.807, 2.05) is 39.0 Å². The Labute approximate surface area is 107 Å². The molecule has 96 valence electrons. The van der Waals surface area contributed by atoms with Gasteiger partial charge in [-0.25, -0.2) is 0 Å². The van der Waals surface area contributed by atoms with Crippen molar-refractivity contribution in [3.8, 4) is 0 Å². The van der Waals surface area contributed by atoms with Crippen LogP contribution in [-0.4, -0.2) is 17.9 Å². The van der Waals surface area contributed by atoms with Crippen LogP contribution in [0.4, 0.5) is 0 Å². The van der Waals surface area contributed by atoms with E-state index >= 15 is 0 Å². The fourth-order valence-corrected chi connectivity index (χ4v) is 2.54. The average molecular weight is 246 g/mol. The van der Waals surface area contributed by atoms with E-state index in [-0.39, 0.29) is 11.9 Å². The number of carbonyl (C=O) groups excluding carboxylic acids is 2. The molecule has 0 bridgehead atoms. The number of hydrogen-bond donors (Lipinski definition) is 0. The van der Waals surface area contributed by atoms with E-state index in [1.165, 1.54) is 0 Å². The molecule has 1 atom stereocenters. The van der Waals surface area contributed by atoms with Crippen molar-refractivity contribution in [3.05, 3.63) is 34.9 Å². The van der Waals surface area contributed by atoms with Crippen molar-refractivity contribution in [1.82, 2.24) is 0 Å². The molecule has 1 fully saturated rings. The standard InChI is InChI=1S/C15H18O3/c1-10-5-4-6-11(9-16)13(10)7-12-8-14(17)18-15(12,2)3/h4-6,9,12H,7-8H2,1-3H3/t12-/m1/s1. The summed E-state index contributed by atoms with van der Waals surface area (Å²) in [5.41, 5.74) is 2.39. The lowest BCUT2D eigenvalue weighted by atomic mass is 9.83. The van der Waals surface area contributed by atoms with Crippen LogP contribution in [0.2, 0.25) is 0 Å². The van der Waals surface area contributed by atoms with Gasteiger partial charge in [-0.05, 0) is 38.3 Å². The molecule has 0 aromatic heterocycles. The second kappa shape index (κ2) is 4.56. The molecule has 1 aliphatic rings. The number of cyclic esters (lactones) is 1. The summed E-state index contributed by atoms with van der Waals surface area (Å²) < 4.78 is 5.32. The van der Waals surface area contributed by atoms with Crippen LogP contribution in [0.5, 0.6) is 0 Å². The monoisotopic (exact) mass is 246 g/mol. The molecule has 1 aromatic rings. The van der Waals surface area contributed by atoms with Gasteiger partial charge in [0.25, 0.3) is 0 Å². The summed E-state index contributed by atoms with van der Waals surface area (Å²) in [7, 11) is 0. The molecule has 0 radical (unpaired) electrons. The van der Waals surface area contributed by atoms with Gasteiger partial charge in [0.2, 0.25) is 0 Å². The number of aryl methyl sites for hydroxylation is 1. The summed E-state index contributed by atoms with van der Waals surface area (Å²) in [6, 6.07) is 5.69. The third kappa shape index (κ3) is 2.30. The molecule has 3 nitrogen and oxygen atoms in total. The maximum atomic E-state index is 11.4. The van der Waals surface area contributed by atoms with Crippen molar-refractivity contribution in [3.63, 3.8) is 0 Å². The molecule has 0 amide bonds. The molecule has 1 heterocycles. The number of benzene rings is 1. The molecule has 18 heavy (non-hydrogen) atoms. The number of ether oxygens (including phenoxy) is 1. The van der Waals surface area contributed by atoms with Gasteiger partial charge in [0.1, 0.15) is 11.9 Å². The minimum Gasteiger partial charge on any atom is -0.459 e. The lowest BCUT2D eigenvalue weighted by Gasteiger charge is -2.25. The van der Waals surface area contributed by atoms with Crippen LogP contribution in [0.1, 0.15) is 41.8 Å². The highest BCUT2D eigenvalue weighted by molar-refractivity contribution is 5.78. The summed E-state index contributed by atoms with van der Waals surface area (Å²) in [5, 5.41) is 0. The first-order valence-corrected chi connectivity index (χ1v) is 6.19. The third-order valence-corrected chi connectivity index (χ3v) is 3.80. The van der Waals surface area contributed by atoms with Crippen molar-refractivity contribution >= 4 is 12.3 Å². The molecular weight excluding hydrogens is 228 g/mol. The highest BCUT2D eigenvalue weighted by Crippen LogP contribution is 2.35. The Hall–Kier alpha value is -1.64. The number of esters is 1. The van der Waals surface area contributed by atoms with Crippen molar-refractivity contribution < 1.29 is 14.3 Å². The molecule has 1 saturated heterocycles. The summed E-state index contributed by atoms with van der Waals surface area (Å²) >= 11 is 0. The van der Waals surface area contributed by atoms with Crippen LogP contribution in [-0.2, 0) is 16.0 Å². The van der Waals surface area contributed by atoms with Gasteiger partial charge >= 0.3 is 5.97 Å². The van der Waals surface area contributed by atoms with Gasteiger partial charge in [-0.3, -0.25) is 9.59 Å². The van der Waals surface area contributed by atoms with Gasteiger partial charge in [0.15, 0.2) is 0 Å². The first-order valence-electron chi connectivity index (χ1n) is 6.19. The molecular formula is C15H18O3. The highest BCUT2D eigenvalue weighted by atomic mass is 16.6. The largest absolute Gasteiger partial charge is 0.459 e. The lowest BCUT2D eigenvalue weighted by Crippen LogP contribution is -2.29. The minimum absolute atomic E-state index is 0.129. The van der Waals surface area contributed by atoms with Crippen LogP contribution >= 0.6 is 0 Å². The quantitative estimate of drug-likeness (QED) is 0.608. The van der Waals surface area contributed by atoms with Crippen LogP contribution in [0.25, 0.3) is 0 Å². The zero-order chi connectivity index (χ0) is 13.3. The van der Waals surface area contributed by atoms with E-state index in [0.29, 0.717) is 18.4 Å². The molecule has 1 aromatic carbocycles. The van der Waals surface area contributed by atoms with E-state index in [2.05, 4.69) is 0 Å². The van der Waals surface area contributed by atoms with E-state index in [0.717, 1.165) is 17.4 Å². The number of carbonyl (C=O) groups is 2.